The third-order valence-corrected chi connectivity index (χ3v) is 3.60. The highest BCUT2D eigenvalue weighted by molar-refractivity contribution is 6.35. The molecule has 98 valence electrons. The summed E-state index contributed by atoms with van der Waals surface area (Å²) in [6.07, 6.45) is 3.57. The molecule has 2 rings (SSSR count). The molecule has 1 heterocycles. The van der Waals surface area contributed by atoms with Gasteiger partial charge in [0, 0.05) is 6.54 Å². The highest BCUT2D eigenvalue weighted by Crippen LogP contribution is 2.29. The van der Waals surface area contributed by atoms with E-state index in [-0.39, 0.29) is 5.38 Å². The van der Waals surface area contributed by atoms with Crippen molar-refractivity contribution < 1.29 is 0 Å². The van der Waals surface area contributed by atoms with E-state index in [1.165, 1.54) is 12.8 Å². The van der Waals surface area contributed by atoms with Crippen LogP contribution in [0, 0.1) is 0 Å². The Morgan fingerprint density at radius 1 is 1.33 bits per heavy atom. The molecule has 0 saturated heterocycles. The number of nitrogens with zero attached hydrogens (tertiary/aromatic N) is 2. The van der Waals surface area contributed by atoms with Gasteiger partial charge in [0.05, 0.1) is 15.9 Å². The van der Waals surface area contributed by atoms with Gasteiger partial charge in [0.1, 0.15) is 11.3 Å². The van der Waals surface area contributed by atoms with Crippen LogP contribution >= 0.6 is 23.2 Å². The Bertz CT molecular complexity index is 532. The summed E-state index contributed by atoms with van der Waals surface area (Å²) in [5.41, 5.74) is 1.94. The number of fused-ring (bicyclic) bond motifs is 1. The Hall–Kier alpha value is -0.730. The van der Waals surface area contributed by atoms with Crippen LogP contribution in [-0.2, 0) is 6.54 Å². The van der Waals surface area contributed by atoms with Crippen LogP contribution in [0.25, 0.3) is 11.0 Å². The number of benzene rings is 1. The zero-order valence-corrected chi connectivity index (χ0v) is 12.3. The minimum atomic E-state index is -0.102. The summed E-state index contributed by atoms with van der Waals surface area (Å²) < 4.78 is 2.20. The molecule has 0 bridgehead atoms. The Morgan fingerprint density at radius 2 is 2.11 bits per heavy atom. The van der Waals surface area contributed by atoms with Crippen molar-refractivity contribution in [3.05, 3.63) is 29.0 Å². The van der Waals surface area contributed by atoms with Crippen LogP contribution in [0.2, 0.25) is 5.02 Å². The fraction of sp³-hybridized carbons (Fsp3) is 0.500. The van der Waals surface area contributed by atoms with Gasteiger partial charge in [-0.2, -0.15) is 0 Å². The van der Waals surface area contributed by atoms with Gasteiger partial charge in [-0.15, -0.1) is 11.6 Å². The van der Waals surface area contributed by atoms with E-state index in [1.54, 1.807) is 0 Å². The summed E-state index contributed by atoms with van der Waals surface area (Å²) in [7, 11) is 0. The maximum absolute atomic E-state index is 6.22. The third kappa shape index (κ3) is 2.65. The molecule has 0 radical (unpaired) electrons. The number of hydrogen-bond acceptors (Lipinski definition) is 1. The number of halogens is 2. The number of unbranched alkanes of at least 4 members (excludes halogenated alkanes) is 2. The summed E-state index contributed by atoms with van der Waals surface area (Å²) in [5, 5.41) is 0.593. The Balaban J connectivity index is 2.46. The SMILES string of the molecule is CCCCCn1c(C(C)Cl)nc2c(Cl)cccc21. The van der Waals surface area contributed by atoms with Crippen molar-refractivity contribution in [1.29, 1.82) is 0 Å². The molecule has 2 aromatic rings. The summed E-state index contributed by atoms with van der Waals surface area (Å²) in [5.74, 6) is 0.913. The van der Waals surface area contributed by atoms with Gasteiger partial charge in [-0.25, -0.2) is 4.98 Å². The molecule has 0 amide bonds. The van der Waals surface area contributed by atoms with Crippen LogP contribution < -0.4 is 0 Å². The summed E-state index contributed by atoms with van der Waals surface area (Å²) in [6.45, 7) is 5.11. The quantitative estimate of drug-likeness (QED) is 0.546. The highest BCUT2D eigenvalue weighted by atomic mass is 35.5. The van der Waals surface area contributed by atoms with Crippen molar-refractivity contribution in [3.8, 4) is 0 Å². The predicted octanol–water partition coefficient (Wildman–Crippen LogP) is 5.18. The average molecular weight is 285 g/mol. The second-order valence-electron chi connectivity index (χ2n) is 4.55. The Morgan fingerprint density at radius 3 is 2.78 bits per heavy atom. The van der Waals surface area contributed by atoms with Crippen LogP contribution in [0.1, 0.15) is 44.3 Å². The molecule has 0 aliphatic rings. The number of aromatic nitrogens is 2. The second-order valence-corrected chi connectivity index (χ2v) is 5.61. The lowest BCUT2D eigenvalue weighted by molar-refractivity contribution is 0.591. The largest absolute Gasteiger partial charge is 0.327 e. The molecular formula is C14H18Cl2N2. The number of para-hydroxylation sites is 1. The first-order valence-corrected chi connectivity index (χ1v) is 7.25. The van der Waals surface area contributed by atoms with E-state index >= 15 is 0 Å². The molecule has 1 atom stereocenters. The minimum absolute atomic E-state index is 0.102. The van der Waals surface area contributed by atoms with E-state index in [9.17, 15) is 0 Å². The topological polar surface area (TPSA) is 17.8 Å². The van der Waals surface area contributed by atoms with Crippen LogP contribution in [0.3, 0.4) is 0 Å². The van der Waals surface area contributed by atoms with Gasteiger partial charge in [0.25, 0.3) is 0 Å². The molecule has 4 heteroatoms. The van der Waals surface area contributed by atoms with Gasteiger partial charge in [0.2, 0.25) is 0 Å². The van der Waals surface area contributed by atoms with E-state index in [0.717, 1.165) is 29.8 Å². The van der Waals surface area contributed by atoms with Crippen LogP contribution in [0.5, 0.6) is 0 Å². The van der Waals surface area contributed by atoms with Gasteiger partial charge in [-0.05, 0) is 25.5 Å². The van der Waals surface area contributed by atoms with Crippen molar-refractivity contribution in [2.45, 2.75) is 45.0 Å². The molecule has 0 N–H and O–H groups in total. The van der Waals surface area contributed by atoms with Crippen molar-refractivity contribution in [3.63, 3.8) is 0 Å². The lowest BCUT2D eigenvalue weighted by Crippen LogP contribution is -2.04. The Labute approximate surface area is 118 Å². The molecule has 2 nitrogen and oxygen atoms in total. The molecule has 0 saturated carbocycles. The number of aryl methyl sites for hydroxylation is 1. The fourth-order valence-electron chi connectivity index (χ4n) is 2.19. The average Bonchev–Trinajstić information content (AvgIpc) is 2.70. The van der Waals surface area contributed by atoms with Crippen molar-refractivity contribution in [1.82, 2.24) is 9.55 Å². The molecule has 0 fully saturated rings. The first kappa shape index (κ1) is 13.7. The smallest absolute Gasteiger partial charge is 0.127 e. The molecule has 1 unspecified atom stereocenters. The second kappa shape index (κ2) is 5.94. The fourth-order valence-corrected chi connectivity index (χ4v) is 2.57. The van der Waals surface area contributed by atoms with E-state index in [0.29, 0.717) is 5.02 Å². The first-order chi connectivity index (χ1) is 8.65. The summed E-state index contributed by atoms with van der Waals surface area (Å²) in [4.78, 5) is 4.59. The molecule has 18 heavy (non-hydrogen) atoms. The van der Waals surface area contributed by atoms with E-state index in [4.69, 9.17) is 23.2 Å². The van der Waals surface area contributed by atoms with Crippen LogP contribution in [-0.4, -0.2) is 9.55 Å². The first-order valence-electron chi connectivity index (χ1n) is 6.44. The molecule has 0 aliphatic heterocycles. The predicted molar refractivity (Wildman–Crippen MR) is 78.5 cm³/mol. The minimum Gasteiger partial charge on any atom is -0.327 e. The standard InChI is InChI=1S/C14H18Cl2N2/c1-3-4-5-9-18-12-8-6-7-11(16)13(12)17-14(18)10(2)15/h6-8,10H,3-5,9H2,1-2H3. The van der Waals surface area contributed by atoms with E-state index in [1.807, 2.05) is 19.1 Å². The van der Waals surface area contributed by atoms with Gasteiger partial charge in [-0.1, -0.05) is 37.4 Å². The lowest BCUT2D eigenvalue weighted by atomic mass is 10.2. The van der Waals surface area contributed by atoms with Crippen molar-refractivity contribution in [2.75, 3.05) is 0 Å². The molecule has 0 spiro atoms. The normalized spacial score (nSPS) is 13.1. The zero-order chi connectivity index (χ0) is 13.1. The lowest BCUT2D eigenvalue weighted by Gasteiger charge is -2.10. The van der Waals surface area contributed by atoms with Crippen LogP contribution in [0.4, 0.5) is 0 Å². The molecular weight excluding hydrogens is 267 g/mol. The van der Waals surface area contributed by atoms with Gasteiger partial charge in [-0.3, -0.25) is 0 Å². The number of imidazole rings is 1. The van der Waals surface area contributed by atoms with E-state index < -0.39 is 0 Å². The summed E-state index contributed by atoms with van der Waals surface area (Å²) in [6, 6.07) is 5.89. The zero-order valence-electron chi connectivity index (χ0n) is 10.8. The summed E-state index contributed by atoms with van der Waals surface area (Å²) >= 11 is 12.4. The maximum atomic E-state index is 6.22. The third-order valence-electron chi connectivity index (χ3n) is 3.10. The monoisotopic (exact) mass is 284 g/mol. The Kier molecular flexibility index (Phi) is 4.52. The van der Waals surface area contributed by atoms with Gasteiger partial charge < -0.3 is 4.57 Å². The van der Waals surface area contributed by atoms with Crippen molar-refractivity contribution >= 4 is 34.2 Å². The van der Waals surface area contributed by atoms with Crippen molar-refractivity contribution in [2.24, 2.45) is 0 Å². The number of alkyl halides is 1. The van der Waals surface area contributed by atoms with Gasteiger partial charge in [0.15, 0.2) is 0 Å². The van der Waals surface area contributed by atoms with Crippen LogP contribution in [0.15, 0.2) is 18.2 Å². The van der Waals surface area contributed by atoms with E-state index in [2.05, 4.69) is 22.5 Å². The number of rotatable bonds is 5. The molecule has 1 aromatic heterocycles. The molecule has 0 aliphatic carbocycles. The highest BCUT2D eigenvalue weighted by Gasteiger charge is 2.15. The maximum Gasteiger partial charge on any atom is 0.127 e. The van der Waals surface area contributed by atoms with Gasteiger partial charge >= 0.3 is 0 Å². The number of hydrogen-bond donors (Lipinski definition) is 0. The molecule has 1 aromatic carbocycles.